The lowest BCUT2D eigenvalue weighted by Crippen LogP contribution is -2.38. The number of nitrogens with one attached hydrogen (secondary N) is 1. The van der Waals surface area contributed by atoms with E-state index in [4.69, 9.17) is 9.47 Å². The van der Waals surface area contributed by atoms with Gasteiger partial charge < -0.3 is 14.8 Å². The van der Waals surface area contributed by atoms with Crippen LogP contribution in [-0.4, -0.2) is 40.1 Å². The zero-order chi connectivity index (χ0) is 26.3. The number of amides is 1. The maximum Gasteiger partial charge on any atom is 0.338 e. The molecule has 0 aliphatic carbocycles. The lowest BCUT2D eigenvalue weighted by Gasteiger charge is -2.24. The van der Waals surface area contributed by atoms with Crippen LogP contribution in [-0.2, 0) is 19.6 Å². The molecule has 0 radical (unpaired) electrons. The second-order valence-corrected chi connectivity index (χ2v) is 10.5. The molecule has 0 heterocycles. The summed E-state index contributed by atoms with van der Waals surface area (Å²) in [6.07, 6.45) is 0. The number of esters is 1. The van der Waals surface area contributed by atoms with Crippen LogP contribution in [0.4, 0.5) is 11.4 Å². The van der Waals surface area contributed by atoms with Crippen molar-refractivity contribution < 1.29 is 27.5 Å². The van der Waals surface area contributed by atoms with Crippen molar-refractivity contribution in [3.05, 3.63) is 82.3 Å². The third-order valence-electron chi connectivity index (χ3n) is 5.15. The van der Waals surface area contributed by atoms with Crippen molar-refractivity contribution in [3.8, 4) is 5.75 Å². The van der Waals surface area contributed by atoms with Crippen LogP contribution in [0.5, 0.6) is 5.75 Å². The van der Waals surface area contributed by atoms with Crippen molar-refractivity contribution >= 4 is 49.2 Å². The van der Waals surface area contributed by atoms with Gasteiger partial charge in [-0.1, -0.05) is 22.0 Å². The van der Waals surface area contributed by atoms with Gasteiger partial charge >= 0.3 is 5.97 Å². The Kier molecular flexibility index (Phi) is 9.11. The highest BCUT2D eigenvalue weighted by atomic mass is 79.9. The Morgan fingerprint density at radius 3 is 2.22 bits per heavy atom. The number of halogens is 1. The Morgan fingerprint density at radius 1 is 0.944 bits per heavy atom. The number of sulfonamides is 1. The third-order valence-corrected chi connectivity index (χ3v) is 7.46. The maximum absolute atomic E-state index is 13.6. The van der Waals surface area contributed by atoms with Crippen molar-refractivity contribution in [1.29, 1.82) is 0 Å². The summed E-state index contributed by atoms with van der Waals surface area (Å²) in [6, 6.07) is 17.4. The molecule has 3 aromatic rings. The lowest BCUT2D eigenvalue weighted by atomic mass is 10.1. The first-order valence-electron chi connectivity index (χ1n) is 11.2. The molecular weight excluding hydrogens is 548 g/mol. The zero-order valence-corrected chi connectivity index (χ0v) is 22.6. The number of hydrogen-bond donors (Lipinski definition) is 1. The summed E-state index contributed by atoms with van der Waals surface area (Å²) in [5.41, 5.74) is 1.68. The van der Waals surface area contributed by atoms with E-state index in [0.29, 0.717) is 29.3 Å². The van der Waals surface area contributed by atoms with Crippen LogP contribution in [0.25, 0.3) is 0 Å². The minimum absolute atomic E-state index is 0.0351. The van der Waals surface area contributed by atoms with Crippen LogP contribution in [0, 0.1) is 6.92 Å². The standard InChI is InChI=1S/C26H27BrN2O6S/c1-4-34-22-12-10-21(11-13-22)29(36(32,33)23-14-8-20(27)9-15-23)17-25(30)28-24-16-19(7-6-18(24)3)26(31)35-5-2/h6-16H,4-5,17H2,1-3H3,(H,28,30). The summed E-state index contributed by atoms with van der Waals surface area (Å²) < 4.78 is 39.4. The van der Waals surface area contributed by atoms with Gasteiger partial charge in [-0.25, -0.2) is 13.2 Å². The minimum atomic E-state index is -4.09. The monoisotopic (exact) mass is 574 g/mol. The van der Waals surface area contributed by atoms with E-state index in [1.54, 1.807) is 62.4 Å². The summed E-state index contributed by atoms with van der Waals surface area (Å²) in [5, 5.41) is 2.73. The molecule has 1 amide bonds. The molecule has 8 nitrogen and oxygen atoms in total. The van der Waals surface area contributed by atoms with Gasteiger partial charge in [-0.3, -0.25) is 9.10 Å². The Balaban J connectivity index is 1.93. The number of aryl methyl sites for hydroxylation is 1. The Morgan fingerprint density at radius 2 is 1.61 bits per heavy atom. The summed E-state index contributed by atoms with van der Waals surface area (Å²) >= 11 is 3.31. The van der Waals surface area contributed by atoms with Gasteiger partial charge in [0.1, 0.15) is 12.3 Å². The lowest BCUT2D eigenvalue weighted by molar-refractivity contribution is -0.114. The maximum atomic E-state index is 13.6. The molecule has 36 heavy (non-hydrogen) atoms. The van der Waals surface area contributed by atoms with E-state index in [1.807, 2.05) is 6.92 Å². The van der Waals surface area contributed by atoms with Crippen LogP contribution >= 0.6 is 15.9 Å². The van der Waals surface area contributed by atoms with E-state index >= 15 is 0 Å². The fraction of sp³-hybridized carbons (Fsp3) is 0.231. The topological polar surface area (TPSA) is 102 Å². The summed E-state index contributed by atoms with van der Waals surface area (Å²) in [4.78, 5) is 25.2. The van der Waals surface area contributed by atoms with Gasteiger partial charge in [0.2, 0.25) is 5.91 Å². The second-order valence-electron chi connectivity index (χ2n) is 7.69. The first-order valence-corrected chi connectivity index (χ1v) is 13.5. The van der Waals surface area contributed by atoms with Crippen LogP contribution in [0.1, 0.15) is 29.8 Å². The van der Waals surface area contributed by atoms with Gasteiger partial charge in [-0.15, -0.1) is 0 Å². The number of anilines is 2. The van der Waals surface area contributed by atoms with Crippen LogP contribution < -0.4 is 14.4 Å². The summed E-state index contributed by atoms with van der Waals surface area (Å²) in [6.45, 7) is 5.52. The van der Waals surface area contributed by atoms with Crippen molar-refractivity contribution in [2.24, 2.45) is 0 Å². The highest BCUT2D eigenvalue weighted by Gasteiger charge is 2.27. The molecule has 10 heteroatoms. The van der Waals surface area contributed by atoms with Crippen LogP contribution in [0.15, 0.2) is 76.1 Å². The van der Waals surface area contributed by atoms with E-state index in [0.717, 1.165) is 8.78 Å². The smallest absolute Gasteiger partial charge is 0.338 e. The number of benzene rings is 3. The quantitative estimate of drug-likeness (QED) is 0.335. The van der Waals surface area contributed by atoms with Gasteiger partial charge in [-0.05, 0) is 87.0 Å². The molecule has 0 aliphatic heterocycles. The first kappa shape index (κ1) is 27.2. The van der Waals surface area contributed by atoms with Gasteiger partial charge in [-0.2, -0.15) is 0 Å². The van der Waals surface area contributed by atoms with Crippen molar-refractivity contribution in [3.63, 3.8) is 0 Å². The van der Waals surface area contributed by atoms with E-state index < -0.39 is 28.4 Å². The predicted molar refractivity (Wildman–Crippen MR) is 142 cm³/mol. The Hall–Kier alpha value is -3.37. The van der Waals surface area contributed by atoms with Crippen molar-refractivity contribution in [1.82, 2.24) is 0 Å². The van der Waals surface area contributed by atoms with E-state index in [9.17, 15) is 18.0 Å². The number of rotatable bonds is 10. The molecule has 0 fully saturated rings. The van der Waals surface area contributed by atoms with E-state index in [1.165, 1.54) is 18.2 Å². The third kappa shape index (κ3) is 6.64. The molecule has 0 bridgehead atoms. The van der Waals surface area contributed by atoms with Crippen molar-refractivity contribution in [2.75, 3.05) is 29.4 Å². The Labute approximate surface area is 219 Å². The van der Waals surface area contributed by atoms with Gasteiger partial charge in [0.05, 0.1) is 29.4 Å². The SMILES string of the molecule is CCOC(=O)c1ccc(C)c(NC(=O)CN(c2ccc(OCC)cc2)S(=O)(=O)c2ccc(Br)cc2)c1. The normalized spacial score (nSPS) is 11.0. The highest BCUT2D eigenvalue weighted by Crippen LogP contribution is 2.27. The van der Waals surface area contributed by atoms with Crippen LogP contribution in [0.2, 0.25) is 0 Å². The first-order chi connectivity index (χ1) is 17.1. The molecule has 0 saturated carbocycles. The fourth-order valence-electron chi connectivity index (χ4n) is 3.34. The van der Waals surface area contributed by atoms with E-state index in [2.05, 4.69) is 21.2 Å². The number of carbonyl (C=O) groups is 2. The number of carbonyl (C=O) groups excluding carboxylic acids is 2. The van der Waals surface area contributed by atoms with Crippen LogP contribution in [0.3, 0.4) is 0 Å². The average molecular weight is 575 g/mol. The predicted octanol–water partition coefficient (Wildman–Crippen LogP) is 5.17. The highest BCUT2D eigenvalue weighted by molar-refractivity contribution is 9.10. The van der Waals surface area contributed by atoms with Crippen molar-refractivity contribution in [2.45, 2.75) is 25.7 Å². The number of nitrogens with zero attached hydrogens (tertiary/aromatic N) is 1. The zero-order valence-electron chi connectivity index (χ0n) is 20.2. The molecule has 0 saturated heterocycles. The molecule has 1 N–H and O–H groups in total. The minimum Gasteiger partial charge on any atom is -0.494 e. The molecule has 0 aliphatic rings. The molecule has 0 spiro atoms. The number of hydrogen-bond acceptors (Lipinski definition) is 6. The second kappa shape index (κ2) is 12.0. The largest absolute Gasteiger partial charge is 0.494 e. The van der Waals surface area contributed by atoms with Gasteiger partial charge in [0.25, 0.3) is 10.0 Å². The summed E-state index contributed by atoms with van der Waals surface area (Å²) in [5.74, 6) is -0.506. The van der Waals surface area contributed by atoms with E-state index in [-0.39, 0.29) is 17.1 Å². The molecular formula is C26H27BrN2O6S. The average Bonchev–Trinajstić information content (AvgIpc) is 2.85. The molecule has 3 aromatic carbocycles. The Bertz CT molecular complexity index is 1330. The number of ether oxygens (including phenoxy) is 2. The molecule has 3 rings (SSSR count). The van der Waals surface area contributed by atoms with Gasteiger partial charge in [0.15, 0.2) is 0 Å². The molecule has 190 valence electrons. The molecule has 0 unspecified atom stereocenters. The van der Waals surface area contributed by atoms with Gasteiger partial charge in [0, 0.05) is 10.2 Å². The fourth-order valence-corrected chi connectivity index (χ4v) is 5.03. The molecule has 0 atom stereocenters. The molecule has 0 aromatic heterocycles. The summed E-state index contributed by atoms with van der Waals surface area (Å²) in [7, 11) is -4.09.